The molecule has 2 aromatic carbocycles. The summed E-state index contributed by atoms with van der Waals surface area (Å²) in [6.45, 7) is 1.99. The fourth-order valence-corrected chi connectivity index (χ4v) is 3.00. The van der Waals surface area contributed by atoms with E-state index < -0.39 is 11.8 Å². The highest BCUT2D eigenvalue weighted by atomic mass is 19.1. The average molecular weight is 371 g/mol. The Morgan fingerprint density at radius 1 is 1.04 bits per heavy atom. The summed E-state index contributed by atoms with van der Waals surface area (Å²) in [4.78, 5) is 27.9. The number of nitrogens with one attached hydrogen (secondary N) is 1. The van der Waals surface area contributed by atoms with E-state index in [1.165, 1.54) is 11.0 Å². The molecule has 6 nitrogen and oxygen atoms in total. The number of anilines is 1. The third-order valence-corrected chi connectivity index (χ3v) is 4.57. The third-order valence-electron chi connectivity index (χ3n) is 4.57. The SMILES string of the molecule is COc1ccc(CNC(=O)C(=O)N2CCN(c3ccccc3F)CC2)cc1. The van der Waals surface area contributed by atoms with Gasteiger partial charge in [-0.2, -0.15) is 0 Å². The van der Waals surface area contributed by atoms with Crippen LogP contribution in [-0.2, 0) is 16.1 Å². The predicted octanol–water partition coefficient (Wildman–Crippen LogP) is 1.80. The van der Waals surface area contributed by atoms with Gasteiger partial charge in [0.15, 0.2) is 0 Å². The van der Waals surface area contributed by atoms with Crippen molar-refractivity contribution in [2.75, 3.05) is 38.2 Å². The molecule has 0 radical (unpaired) electrons. The fourth-order valence-electron chi connectivity index (χ4n) is 3.00. The Labute approximate surface area is 157 Å². The Hall–Kier alpha value is -3.09. The van der Waals surface area contributed by atoms with Crippen LogP contribution in [0.25, 0.3) is 0 Å². The van der Waals surface area contributed by atoms with E-state index in [9.17, 15) is 14.0 Å². The molecule has 2 aromatic rings. The number of rotatable bonds is 4. The van der Waals surface area contributed by atoms with Crippen LogP contribution in [0.3, 0.4) is 0 Å². The quantitative estimate of drug-likeness (QED) is 0.833. The highest BCUT2D eigenvalue weighted by Gasteiger charge is 2.26. The second kappa shape index (κ2) is 8.53. The van der Waals surface area contributed by atoms with Gasteiger partial charge in [-0.3, -0.25) is 9.59 Å². The zero-order chi connectivity index (χ0) is 19.2. The molecular weight excluding hydrogens is 349 g/mol. The lowest BCUT2D eigenvalue weighted by Crippen LogP contribution is -2.52. The van der Waals surface area contributed by atoms with Gasteiger partial charge in [-0.1, -0.05) is 24.3 Å². The van der Waals surface area contributed by atoms with Crippen LogP contribution in [0.1, 0.15) is 5.56 Å². The predicted molar refractivity (Wildman–Crippen MR) is 100 cm³/mol. The Bertz CT molecular complexity index is 802. The van der Waals surface area contributed by atoms with E-state index in [4.69, 9.17) is 4.74 Å². The van der Waals surface area contributed by atoms with E-state index in [0.29, 0.717) is 31.9 Å². The van der Waals surface area contributed by atoms with Crippen molar-refractivity contribution in [1.82, 2.24) is 10.2 Å². The highest BCUT2D eigenvalue weighted by Crippen LogP contribution is 2.20. The molecule has 0 aliphatic carbocycles. The summed E-state index contributed by atoms with van der Waals surface area (Å²) in [7, 11) is 1.58. The van der Waals surface area contributed by atoms with Gasteiger partial charge in [-0.05, 0) is 29.8 Å². The second-order valence-electron chi connectivity index (χ2n) is 6.26. The maximum absolute atomic E-state index is 13.9. The molecular formula is C20H22FN3O3. The lowest BCUT2D eigenvalue weighted by atomic mass is 10.2. The molecule has 1 heterocycles. The number of nitrogens with zero attached hydrogens (tertiary/aromatic N) is 2. The van der Waals surface area contributed by atoms with Crippen molar-refractivity contribution in [3.05, 3.63) is 59.9 Å². The zero-order valence-corrected chi connectivity index (χ0v) is 15.2. The number of carbonyl (C=O) groups excluding carboxylic acids is 2. The molecule has 1 aliphatic rings. The molecule has 0 unspecified atom stereocenters. The number of carbonyl (C=O) groups is 2. The van der Waals surface area contributed by atoms with Crippen molar-refractivity contribution in [2.45, 2.75) is 6.54 Å². The minimum atomic E-state index is -0.634. The van der Waals surface area contributed by atoms with Crippen molar-refractivity contribution in [2.24, 2.45) is 0 Å². The lowest BCUT2D eigenvalue weighted by molar-refractivity contribution is -0.146. The first-order valence-electron chi connectivity index (χ1n) is 8.78. The standard InChI is InChI=1S/C20H22FN3O3/c1-27-16-8-6-15(7-9-16)14-22-19(25)20(26)24-12-10-23(11-13-24)18-5-3-2-4-17(18)21/h2-9H,10-14H2,1H3,(H,22,25). The largest absolute Gasteiger partial charge is 0.497 e. The van der Waals surface area contributed by atoms with Gasteiger partial charge in [0.25, 0.3) is 0 Å². The van der Waals surface area contributed by atoms with Gasteiger partial charge >= 0.3 is 11.8 Å². The van der Waals surface area contributed by atoms with Crippen LogP contribution in [-0.4, -0.2) is 50.0 Å². The number of halogens is 1. The molecule has 2 amide bonds. The second-order valence-corrected chi connectivity index (χ2v) is 6.26. The summed E-state index contributed by atoms with van der Waals surface area (Å²) in [6.07, 6.45) is 0. The molecule has 0 aromatic heterocycles. The molecule has 142 valence electrons. The highest BCUT2D eigenvalue weighted by molar-refractivity contribution is 6.35. The number of benzene rings is 2. The first kappa shape index (κ1) is 18.7. The molecule has 0 atom stereocenters. The van der Waals surface area contributed by atoms with E-state index in [1.807, 2.05) is 17.0 Å². The van der Waals surface area contributed by atoms with Gasteiger partial charge < -0.3 is 19.9 Å². The summed E-state index contributed by atoms with van der Waals surface area (Å²) in [5.41, 5.74) is 1.40. The molecule has 0 spiro atoms. The summed E-state index contributed by atoms with van der Waals surface area (Å²) in [5, 5.41) is 2.64. The van der Waals surface area contributed by atoms with Gasteiger partial charge in [0.05, 0.1) is 12.8 Å². The molecule has 1 saturated heterocycles. The maximum atomic E-state index is 13.9. The summed E-state index contributed by atoms with van der Waals surface area (Å²) in [5.74, 6) is -0.745. The van der Waals surface area contributed by atoms with Gasteiger partial charge in [0.2, 0.25) is 0 Å². The van der Waals surface area contributed by atoms with E-state index in [-0.39, 0.29) is 12.4 Å². The van der Waals surface area contributed by atoms with Crippen LogP contribution in [0.15, 0.2) is 48.5 Å². The normalized spacial score (nSPS) is 14.0. The molecule has 1 fully saturated rings. The van der Waals surface area contributed by atoms with Gasteiger partial charge in [0, 0.05) is 32.7 Å². The van der Waals surface area contributed by atoms with Crippen molar-refractivity contribution < 1.29 is 18.7 Å². The topological polar surface area (TPSA) is 61.9 Å². The summed E-state index contributed by atoms with van der Waals surface area (Å²) in [6, 6.07) is 13.8. The monoisotopic (exact) mass is 371 g/mol. The Morgan fingerprint density at radius 3 is 2.33 bits per heavy atom. The molecule has 0 saturated carbocycles. The van der Waals surface area contributed by atoms with Gasteiger partial charge in [0.1, 0.15) is 11.6 Å². The minimum Gasteiger partial charge on any atom is -0.497 e. The van der Waals surface area contributed by atoms with E-state index >= 15 is 0 Å². The summed E-state index contributed by atoms with van der Waals surface area (Å²) < 4.78 is 19.0. The third kappa shape index (κ3) is 4.55. The number of ether oxygens (including phenoxy) is 1. The average Bonchev–Trinajstić information content (AvgIpc) is 2.72. The van der Waals surface area contributed by atoms with E-state index in [0.717, 1.165) is 11.3 Å². The summed E-state index contributed by atoms with van der Waals surface area (Å²) >= 11 is 0. The van der Waals surface area contributed by atoms with Gasteiger partial charge in [-0.25, -0.2) is 4.39 Å². The maximum Gasteiger partial charge on any atom is 0.312 e. The lowest BCUT2D eigenvalue weighted by Gasteiger charge is -2.35. The fraction of sp³-hybridized carbons (Fsp3) is 0.300. The molecule has 27 heavy (non-hydrogen) atoms. The van der Waals surface area contributed by atoms with Crippen molar-refractivity contribution in [3.63, 3.8) is 0 Å². The Balaban J connectivity index is 1.49. The molecule has 1 aliphatic heterocycles. The number of hydrogen-bond donors (Lipinski definition) is 1. The number of para-hydroxylation sites is 1. The smallest absolute Gasteiger partial charge is 0.312 e. The molecule has 0 bridgehead atoms. The number of methoxy groups -OCH3 is 1. The van der Waals surface area contributed by atoms with Crippen molar-refractivity contribution in [3.8, 4) is 5.75 Å². The minimum absolute atomic E-state index is 0.268. The van der Waals surface area contributed by atoms with Crippen LogP contribution < -0.4 is 15.0 Å². The Kier molecular flexibility index (Phi) is 5.90. The zero-order valence-electron chi connectivity index (χ0n) is 15.2. The van der Waals surface area contributed by atoms with E-state index in [1.54, 1.807) is 37.4 Å². The van der Waals surface area contributed by atoms with Crippen LogP contribution in [0, 0.1) is 5.82 Å². The van der Waals surface area contributed by atoms with Crippen molar-refractivity contribution in [1.29, 1.82) is 0 Å². The Morgan fingerprint density at radius 2 is 1.70 bits per heavy atom. The molecule has 3 rings (SSSR count). The van der Waals surface area contributed by atoms with Crippen LogP contribution in [0.5, 0.6) is 5.75 Å². The number of piperazine rings is 1. The van der Waals surface area contributed by atoms with Crippen LogP contribution >= 0.6 is 0 Å². The first-order chi connectivity index (χ1) is 13.1. The molecule has 7 heteroatoms. The van der Waals surface area contributed by atoms with Gasteiger partial charge in [-0.15, -0.1) is 0 Å². The number of hydrogen-bond acceptors (Lipinski definition) is 4. The molecule has 1 N–H and O–H groups in total. The van der Waals surface area contributed by atoms with E-state index in [2.05, 4.69) is 5.32 Å². The first-order valence-corrected chi connectivity index (χ1v) is 8.78. The number of amides is 2. The van der Waals surface area contributed by atoms with Crippen molar-refractivity contribution >= 4 is 17.5 Å². The van der Waals surface area contributed by atoms with Crippen LogP contribution in [0.2, 0.25) is 0 Å². The van der Waals surface area contributed by atoms with Crippen LogP contribution in [0.4, 0.5) is 10.1 Å².